The maximum atomic E-state index is 14.5. The molecule has 3 aliphatic rings. The van der Waals surface area contributed by atoms with E-state index in [0.717, 1.165) is 0 Å². The van der Waals surface area contributed by atoms with Crippen LogP contribution < -0.4 is 33.7 Å². The number of fused-ring (bicyclic) bond motifs is 3. The van der Waals surface area contributed by atoms with Gasteiger partial charge in [0.15, 0.2) is 23.0 Å². The van der Waals surface area contributed by atoms with Gasteiger partial charge in [-0.1, -0.05) is 18.2 Å². The van der Waals surface area contributed by atoms with Gasteiger partial charge in [0.25, 0.3) is 0 Å². The van der Waals surface area contributed by atoms with E-state index in [9.17, 15) is 19.4 Å². The molecule has 3 aromatic carbocycles. The Morgan fingerprint density at radius 1 is 0.800 bits per heavy atom. The molecule has 0 spiro atoms. The second-order valence-electron chi connectivity index (χ2n) is 11.0. The molecule has 45 heavy (non-hydrogen) atoms. The van der Waals surface area contributed by atoms with Crippen molar-refractivity contribution in [2.75, 3.05) is 32.1 Å². The van der Waals surface area contributed by atoms with E-state index in [-0.39, 0.29) is 44.0 Å². The van der Waals surface area contributed by atoms with E-state index in [1.54, 1.807) is 36.4 Å². The summed E-state index contributed by atoms with van der Waals surface area (Å²) in [6, 6.07) is 10.6. The van der Waals surface area contributed by atoms with E-state index < -0.39 is 29.3 Å². The fourth-order valence-electron chi connectivity index (χ4n) is 5.80. The average Bonchev–Trinajstić information content (AvgIpc) is 3.76. The van der Waals surface area contributed by atoms with Crippen molar-refractivity contribution in [2.24, 2.45) is 0 Å². The lowest BCUT2D eigenvalue weighted by Crippen LogP contribution is -2.38. The van der Waals surface area contributed by atoms with Crippen LogP contribution in [0.4, 0.5) is 10.1 Å². The lowest BCUT2D eigenvalue weighted by Gasteiger charge is -2.32. The molecule has 1 amide bonds. The van der Waals surface area contributed by atoms with E-state index in [1.165, 1.54) is 18.2 Å². The first-order chi connectivity index (χ1) is 21.8. The molecule has 2 atom stereocenters. The second kappa shape index (κ2) is 12.7. The monoisotopic (exact) mass is 619 g/mol. The lowest BCUT2D eigenvalue weighted by molar-refractivity contribution is -0.118. The third kappa shape index (κ3) is 5.65. The van der Waals surface area contributed by atoms with Gasteiger partial charge >= 0.3 is 0 Å². The van der Waals surface area contributed by atoms with E-state index in [0.29, 0.717) is 65.4 Å². The number of halogens is 1. The van der Waals surface area contributed by atoms with Crippen molar-refractivity contribution in [2.45, 2.75) is 43.3 Å². The number of nitrogens with one attached hydrogen (secondary N) is 1. The van der Waals surface area contributed by atoms with Crippen LogP contribution in [0.15, 0.2) is 67.8 Å². The molecule has 3 aromatic rings. The Hall–Kier alpha value is -4.74. The summed E-state index contributed by atoms with van der Waals surface area (Å²) in [6.45, 7) is 7.15. The van der Waals surface area contributed by atoms with Crippen molar-refractivity contribution in [1.82, 2.24) is 0 Å². The van der Waals surface area contributed by atoms with E-state index >= 15 is 0 Å². The highest BCUT2D eigenvalue weighted by Crippen LogP contribution is 2.57. The van der Waals surface area contributed by atoms with Crippen LogP contribution in [0, 0.1) is 5.82 Å². The number of carbonyl (C=O) groups is 1. The van der Waals surface area contributed by atoms with Crippen molar-refractivity contribution in [3.8, 4) is 34.5 Å². The van der Waals surface area contributed by atoms with Gasteiger partial charge in [-0.05, 0) is 49.9 Å². The molecule has 0 unspecified atom stereocenters. The molecule has 0 fully saturated rings. The minimum Gasteiger partial charge on any atom is -0.490 e. The third-order valence-corrected chi connectivity index (χ3v) is 8.00. The first-order valence-corrected chi connectivity index (χ1v) is 14.7. The Labute approximate surface area is 259 Å². The summed E-state index contributed by atoms with van der Waals surface area (Å²) in [7, 11) is 0. The number of aliphatic hydroxyl groups is 2. The van der Waals surface area contributed by atoms with Crippen molar-refractivity contribution in [3.05, 3.63) is 90.3 Å². The summed E-state index contributed by atoms with van der Waals surface area (Å²) in [4.78, 5) is 14.5. The van der Waals surface area contributed by atoms with Crippen LogP contribution in [-0.4, -0.2) is 55.1 Å². The Kier molecular flexibility index (Phi) is 8.55. The number of benzene rings is 3. The molecule has 0 saturated heterocycles. The highest BCUT2D eigenvalue weighted by atomic mass is 19.1. The summed E-state index contributed by atoms with van der Waals surface area (Å²) in [5.74, 6) is 0.952. The summed E-state index contributed by atoms with van der Waals surface area (Å²) in [5.41, 5.74) is -0.360. The zero-order valence-corrected chi connectivity index (χ0v) is 24.6. The van der Waals surface area contributed by atoms with Gasteiger partial charge in [0.1, 0.15) is 35.9 Å². The number of hydrogen-bond acceptors (Lipinski definition) is 9. The molecule has 0 aliphatic carbocycles. The number of carbonyl (C=O) groups excluding carboxylic acids is 1. The van der Waals surface area contributed by atoms with Crippen LogP contribution in [-0.2, 0) is 10.2 Å². The van der Waals surface area contributed by atoms with Gasteiger partial charge in [-0.15, -0.1) is 13.2 Å². The SMILES string of the molecule is C=CCC[C@@H](O)COc1cc2c(cc1C1(c3cc4c(cc3OC[C@H](O)CCC=C)OCO4)C(=O)Nc3cc(F)ccc31)OCO2. The van der Waals surface area contributed by atoms with E-state index in [4.69, 9.17) is 28.4 Å². The van der Waals surface area contributed by atoms with Gasteiger partial charge in [0.05, 0.1) is 12.2 Å². The first-order valence-electron chi connectivity index (χ1n) is 14.7. The molecular weight excluding hydrogens is 585 g/mol. The van der Waals surface area contributed by atoms with Crippen LogP contribution in [0.5, 0.6) is 34.5 Å². The van der Waals surface area contributed by atoms with Gasteiger partial charge in [-0.25, -0.2) is 4.39 Å². The fraction of sp³-hybridized carbons (Fsp3) is 0.324. The van der Waals surface area contributed by atoms with Crippen LogP contribution in [0.25, 0.3) is 0 Å². The molecule has 11 heteroatoms. The van der Waals surface area contributed by atoms with E-state index in [2.05, 4.69) is 18.5 Å². The van der Waals surface area contributed by atoms with Gasteiger partial charge in [-0.2, -0.15) is 0 Å². The number of ether oxygens (including phenoxy) is 6. The highest BCUT2D eigenvalue weighted by Gasteiger charge is 2.54. The normalized spacial score (nSPS) is 16.5. The molecule has 3 aliphatic heterocycles. The fourth-order valence-corrected chi connectivity index (χ4v) is 5.80. The maximum Gasteiger partial charge on any atom is 0.244 e. The predicted octanol–water partition coefficient (Wildman–Crippen LogP) is 4.98. The summed E-state index contributed by atoms with van der Waals surface area (Å²) >= 11 is 0. The molecule has 0 radical (unpaired) electrons. The zero-order valence-electron chi connectivity index (χ0n) is 24.6. The molecule has 236 valence electrons. The lowest BCUT2D eigenvalue weighted by atomic mass is 9.69. The molecule has 10 nitrogen and oxygen atoms in total. The topological polar surface area (TPSA) is 125 Å². The minimum atomic E-state index is -1.70. The average molecular weight is 620 g/mol. The quantitative estimate of drug-likeness (QED) is 0.214. The van der Waals surface area contributed by atoms with E-state index in [1.807, 2.05) is 0 Å². The zero-order chi connectivity index (χ0) is 31.6. The van der Waals surface area contributed by atoms with Gasteiger partial charge in [-0.3, -0.25) is 4.79 Å². The molecule has 0 aromatic heterocycles. The molecule has 0 bridgehead atoms. The van der Waals surface area contributed by atoms with Crippen LogP contribution >= 0.6 is 0 Å². The van der Waals surface area contributed by atoms with Crippen molar-refractivity contribution in [3.63, 3.8) is 0 Å². The molecular formula is C34H34FNO9. The van der Waals surface area contributed by atoms with Gasteiger partial charge in [0.2, 0.25) is 19.5 Å². The number of aliphatic hydroxyl groups excluding tert-OH is 2. The second-order valence-corrected chi connectivity index (χ2v) is 11.0. The predicted molar refractivity (Wildman–Crippen MR) is 162 cm³/mol. The Balaban J connectivity index is 1.56. The minimum absolute atomic E-state index is 0.0395. The number of anilines is 1. The first kappa shape index (κ1) is 30.3. The standard InChI is InChI=1S/C34H34FNO9/c1-3-5-7-21(37)16-40-27-14-31-29(42-18-44-31)12-24(27)34(23-10-9-20(35)11-26(23)36-33(34)39)25-13-30-32(45-19-43-30)15-28(25)41-17-22(38)8-6-4-2/h3-4,9-15,21-22,37-38H,1-2,5-8,16-19H2,(H,36,39)/t21-,22-/m1/s1. The van der Waals surface area contributed by atoms with Crippen molar-refractivity contribution < 1.29 is 47.8 Å². The largest absolute Gasteiger partial charge is 0.490 e. The summed E-state index contributed by atoms with van der Waals surface area (Å²) < 4.78 is 49.7. The number of hydrogen-bond donors (Lipinski definition) is 3. The van der Waals surface area contributed by atoms with Crippen LogP contribution in [0.2, 0.25) is 0 Å². The van der Waals surface area contributed by atoms with Crippen LogP contribution in [0.3, 0.4) is 0 Å². The molecule has 6 rings (SSSR count). The number of rotatable bonds is 14. The molecule has 3 heterocycles. The van der Waals surface area contributed by atoms with Gasteiger partial charge in [0, 0.05) is 34.5 Å². The molecule has 0 saturated carbocycles. The smallest absolute Gasteiger partial charge is 0.244 e. The van der Waals surface area contributed by atoms with Crippen LogP contribution in [0.1, 0.15) is 42.4 Å². The Morgan fingerprint density at radius 3 is 1.78 bits per heavy atom. The van der Waals surface area contributed by atoms with Gasteiger partial charge < -0.3 is 44.0 Å². The molecule has 3 N–H and O–H groups in total. The van der Waals surface area contributed by atoms with Crippen molar-refractivity contribution >= 4 is 11.6 Å². The van der Waals surface area contributed by atoms with Crippen molar-refractivity contribution in [1.29, 1.82) is 0 Å². The third-order valence-electron chi connectivity index (χ3n) is 8.00. The number of allylic oxidation sites excluding steroid dienone is 2. The number of amides is 1. The summed E-state index contributed by atoms with van der Waals surface area (Å²) in [5, 5.41) is 24.1. The Morgan fingerprint density at radius 2 is 1.29 bits per heavy atom. The maximum absolute atomic E-state index is 14.5. The Bertz CT molecular complexity index is 1540. The highest BCUT2D eigenvalue weighted by molar-refractivity contribution is 6.12. The summed E-state index contributed by atoms with van der Waals surface area (Å²) in [6.07, 6.45) is 3.78.